The predicted molar refractivity (Wildman–Crippen MR) is 63.1 cm³/mol. The number of nitrogens with zero attached hydrogens (tertiary/aromatic N) is 2. The molecule has 0 aromatic heterocycles. The minimum Gasteiger partial charge on any atom is -0.363 e. The summed E-state index contributed by atoms with van der Waals surface area (Å²) in [6.07, 6.45) is 4.21. The van der Waals surface area contributed by atoms with Crippen molar-refractivity contribution in [3.05, 3.63) is 0 Å². The third kappa shape index (κ3) is 3.17. The second kappa shape index (κ2) is 5.61. The van der Waals surface area contributed by atoms with Crippen molar-refractivity contribution < 1.29 is 0 Å². The molecule has 2 aliphatic heterocycles. The van der Waals surface area contributed by atoms with Gasteiger partial charge in [0.2, 0.25) is 0 Å². The van der Waals surface area contributed by atoms with E-state index in [0.29, 0.717) is 0 Å². The SMILES string of the molecule is C1CCN(CCSC2=NCCN2)CC1. The Balaban J connectivity index is 1.57. The lowest BCUT2D eigenvalue weighted by molar-refractivity contribution is 0.242. The fourth-order valence-corrected chi connectivity index (χ4v) is 2.86. The van der Waals surface area contributed by atoms with E-state index in [1.807, 2.05) is 11.8 Å². The van der Waals surface area contributed by atoms with Gasteiger partial charge in [-0.3, -0.25) is 4.99 Å². The molecule has 0 unspecified atom stereocenters. The van der Waals surface area contributed by atoms with Gasteiger partial charge in [-0.05, 0) is 25.9 Å². The largest absolute Gasteiger partial charge is 0.363 e. The first-order valence-electron chi connectivity index (χ1n) is 5.58. The Morgan fingerprint density at radius 1 is 1.29 bits per heavy atom. The van der Waals surface area contributed by atoms with Gasteiger partial charge in [-0.25, -0.2) is 0 Å². The number of piperidine rings is 1. The number of aliphatic imine (C=N–C) groups is 1. The van der Waals surface area contributed by atoms with E-state index in [0.717, 1.165) is 18.3 Å². The molecule has 4 heteroatoms. The van der Waals surface area contributed by atoms with Crippen LogP contribution in [0.2, 0.25) is 0 Å². The lowest BCUT2D eigenvalue weighted by Crippen LogP contribution is -2.32. The maximum Gasteiger partial charge on any atom is 0.156 e. The van der Waals surface area contributed by atoms with Gasteiger partial charge in [0.25, 0.3) is 0 Å². The molecule has 0 aliphatic carbocycles. The fraction of sp³-hybridized carbons (Fsp3) is 0.900. The monoisotopic (exact) mass is 213 g/mol. The number of amidine groups is 1. The molecule has 0 bridgehead atoms. The number of thioether (sulfide) groups is 1. The third-order valence-corrected chi connectivity index (χ3v) is 3.67. The summed E-state index contributed by atoms with van der Waals surface area (Å²) in [5.41, 5.74) is 0. The zero-order valence-electron chi connectivity index (χ0n) is 8.67. The summed E-state index contributed by atoms with van der Waals surface area (Å²) < 4.78 is 0. The number of likely N-dealkylation sites (tertiary alicyclic amines) is 1. The van der Waals surface area contributed by atoms with E-state index in [1.165, 1.54) is 44.6 Å². The molecule has 2 heterocycles. The normalized spacial score (nSPS) is 23.3. The highest BCUT2D eigenvalue weighted by molar-refractivity contribution is 8.13. The van der Waals surface area contributed by atoms with Gasteiger partial charge in [0.05, 0.1) is 6.54 Å². The lowest BCUT2D eigenvalue weighted by Gasteiger charge is -2.25. The van der Waals surface area contributed by atoms with Gasteiger partial charge in [0.1, 0.15) is 0 Å². The van der Waals surface area contributed by atoms with Crippen LogP contribution < -0.4 is 5.32 Å². The maximum absolute atomic E-state index is 4.37. The Kier molecular flexibility index (Phi) is 4.13. The summed E-state index contributed by atoms with van der Waals surface area (Å²) in [5.74, 6) is 1.19. The number of nitrogens with one attached hydrogen (secondary N) is 1. The molecule has 3 nitrogen and oxygen atoms in total. The number of hydrogen-bond acceptors (Lipinski definition) is 4. The molecule has 2 rings (SSSR count). The van der Waals surface area contributed by atoms with Gasteiger partial charge >= 0.3 is 0 Å². The molecule has 2 aliphatic rings. The highest BCUT2D eigenvalue weighted by Gasteiger charge is 2.10. The van der Waals surface area contributed by atoms with Crippen LogP contribution in [-0.2, 0) is 0 Å². The van der Waals surface area contributed by atoms with Crippen molar-refractivity contribution in [2.45, 2.75) is 19.3 Å². The summed E-state index contributed by atoms with van der Waals surface area (Å²) in [5, 5.41) is 4.44. The van der Waals surface area contributed by atoms with Crippen LogP contribution in [-0.4, -0.2) is 48.5 Å². The minimum atomic E-state index is 0.964. The highest BCUT2D eigenvalue weighted by atomic mass is 32.2. The topological polar surface area (TPSA) is 27.6 Å². The van der Waals surface area contributed by atoms with Crippen LogP contribution in [0.1, 0.15) is 19.3 Å². The van der Waals surface area contributed by atoms with Crippen molar-refractivity contribution in [3.63, 3.8) is 0 Å². The summed E-state index contributed by atoms with van der Waals surface area (Å²) in [4.78, 5) is 6.94. The molecule has 0 aromatic carbocycles. The van der Waals surface area contributed by atoms with Crippen molar-refractivity contribution in [2.24, 2.45) is 4.99 Å². The van der Waals surface area contributed by atoms with Crippen molar-refractivity contribution in [1.82, 2.24) is 10.2 Å². The molecule has 0 radical (unpaired) electrons. The van der Waals surface area contributed by atoms with Gasteiger partial charge < -0.3 is 10.2 Å². The Bertz CT molecular complexity index is 200. The van der Waals surface area contributed by atoms with Gasteiger partial charge in [-0.1, -0.05) is 18.2 Å². The van der Waals surface area contributed by atoms with E-state index < -0.39 is 0 Å². The van der Waals surface area contributed by atoms with Crippen LogP contribution in [0.4, 0.5) is 0 Å². The first-order valence-corrected chi connectivity index (χ1v) is 6.57. The first-order chi connectivity index (χ1) is 6.95. The fourth-order valence-electron chi connectivity index (χ4n) is 1.93. The first kappa shape index (κ1) is 10.3. The van der Waals surface area contributed by atoms with Gasteiger partial charge in [-0.15, -0.1) is 0 Å². The molecule has 0 atom stereocenters. The second-order valence-electron chi connectivity index (χ2n) is 3.86. The molecular weight excluding hydrogens is 194 g/mol. The zero-order valence-corrected chi connectivity index (χ0v) is 9.48. The van der Waals surface area contributed by atoms with E-state index in [1.54, 1.807) is 0 Å². The van der Waals surface area contributed by atoms with Crippen LogP contribution in [0, 0.1) is 0 Å². The quantitative estimate of drug-likeness (QED) is 0.762. The van der Waals surface area contributed by atoms with E-state index >= 15 is 0 Å². The molecule has 0 saturated carbocycles. The second-order valence-corrected chi connectivity index (χ2v) is 4.95. The highest BCUT2D eigenvalue weighted by Crippen LogP contribution is 2.11. The number of rotatable bonds is 3. The Hall–Kier alpha value is -0.220. The molecule has 0 spiro atoms. The third-order valence-electron chi connectivity index (χ3n) is 2.74. The summed E-state index contributed by atoms with van der Waals surface area (Å²) >= 11 is 1.87. The Morgan fingerprint density at radius 3 is 2.86 bits per heavy atom. The summed E-state index contributed by atoms with van der Waals surface area (Å²) in [6, 6.07) is 0. The average Bonchev–Trinajstić information content (AvgIpc) is 2.72. The van der Waals surface area contributed by atoms with Crippen molar-refractivity contribution in [3.8, 4) is 0 Å². The Labute approximate surface area is 90.3 Å². The number of hydrogen-bond donors (Lipinski definition) is 1. The van der Waals surface area contributed by atoms with Crippen LogP contribution >= 0.6 is 11.8 Å². The van der Waals surface area contributed by atoms with Crippen molar-refractivity contribution >= 4 is 16.9 Å². The van der Waals surface area contributed by atoms with Crippen LogP contribution in [0.3, 0.4) is 0 Å². The smallest absolute Gasteiger partial charge is 0.156 e. The molecule has 1 saturated heterocycles. The predicted octanol–water partition coefficient (Wildman–Crippen LogP) is 1.16. The molecule has 14 heavy (non-hydrogen) atoms. The zero-order chi connectivity index (χ0) is 9.64. The molecule has 0 aromatic rings. The lowest BCUT2D eigenvalue weighted by atomic mass is 10.1. The van der Waals surface area contributed by atoms with Gasteiger partial charge in [0, 0.05) is 18.8 Å². The average molecular weight is 213 g/mol. The van der Waals surface area contributed by atoms with Gasteiger partial charge in [-0.2, -0.15) is 0 Å². The molecule has 80 valence electrons. The molecule has 1 N–H and O–H groups in total. The van der Waals surface area contributed by atoms with Gasteiger partial charge in [0.15, 0.2) is 5.17 Å². The maximum atomic E-state index is 4.37. The summed E-state index contributed by atoms with van der Waals surface area (Å²) in [6.45, 7) is 5.84. The van der Waals surface area contributed by atoms with Crippen molar-refractivity contribution in [2.75, 3.05) is 38.5 Å². The molecule has 1 fully saturated rings. The molecule has 0 amide bonds. The van der Waals surface area contributed by atoms with Crippen molar-refractivity contribution in [1.29, 1.82) is 0 Å². The van der Waals surface area contributed by atoms with E-state index in [4.69, 9.17) is 0 Å². The summed E-state index contributed by atoms with van der Waals surface area (Å²) in [7, 11) is 0. The Morgan fingerprint density at radius 2 is 2.14 bits per heavy atom. The molecular formula is C10H19N3S. The van der Waals surface area contributed by atoms with Crippen LogP contribution in [0.25, 0.3) is 0 Å². The minimum absolute atomic E-state index is 0.964. The van der Waals surface area contributed by atoms with Crippen LogP contribution in [0.15, 0.2) is 4.99 Å². The van der Waals surface area contributed by atoms with Crippen LogP contribution in [0.5, 0.6) is 0 Å². The van der Waals surface area contributed by atoms with E-state index in [-0.39, 0.29) is 0 Å². The standard InChI is InChI=1S/C10H19N3S/c1-2-6-13(7-3-1)8-9-14-10-11-4-5-12-10/h1-9H2,(H,11,12). The van der Waals surface area contributed by atoms with E-state index in [2.05, 4.69) is 15.2 Å². The van der Waals surface area contributed by atoms with E-state index in [9.17, 15) is 0 Å².